The van der Waals surface area contributed by atoms with E-state index in [-0.39, 0.29) is 5.03 Å². The van der Waals surface area contributed by atoms with Gasteiger partial charge in [0.05, 0.1) is 0 Å². The molecule has 2 N–H and O–H groups in total. The number of nitrogens with one attached hydrogen (secondary N) is 2. The van der Waals surface area contributed by atoms with Gasteiger partial charge in [-0.15, -0.1) is 0 Å². The molecule has 21 heavy (non-hydrogen) atoms. The van der Waals surface area contributed by atoms with E-state index >= 15 is 0 Å². The van der Waals surface area contributed by atoms with Gasteiger partial charge in [-0.05, 0) is 38.6 Å². The van der Waals surface area contributed by atoms with E-state index in [4.69, 9.17) is 0 Å². The molecule has 0 spiro atoms. The van der Waals surface area contributed by atoms with Crippen LogP contribution in [0.3, 0.4) is 0 Å². The van der Waals surface area contributed by atoms with Crippen molar-refractivity contribution < 1.29 is 8.42 Å². The number of hydrogen-bond donors (Lipinski definition) is 2. The van der Waals surface area contributed by atoms with Crippen molar-refractivity contribution in [1.29, 1.82) is 0 Å². The average molecular weight is 314 g/mol. The van der Waals surface area contributed by atoms with Crippen molar-refractivity contribution in [1.82, 2.24) is 19.8 Å². The summed E-state index contributed by atoms with van der Waals surface area (Å²) in [5.41, 5.74) is 1.54. The maximum atomic E-state index is 12.8. The maximum Gasteiger partial charge on any atom is 0.262 e. The number of H-pyrrole nitrogens is 1. The molecule has 0 aliphatic carbocycles. The Hall–Kier alpha value is -0.920. The van der Waals surface area contributed by atoms with Gasteiger partial charge in [-0.3, -0.25) is 5.10 Å². The molecular weight excluding hydrogens is 288 g/mol. The molecule has 2 heterocycles. The van der Waals surface area contributed by atoms with Gasteiger partial charge in [0.1, 0.15) is 0 Å². The van der Waals surface area contributed by atoms with Crippen LogP contribution in [-0.2, 0) is 16.6 Å². The lowest BCUT2D eigenvalue weighted by Crippen LogP contribution is -2.40. The molecule has 1 aromatic rings. The van der Waals surface area contributed by atoms with Crippen LogP contribution < -0.4 is 5.32 Å². The van der Waals surface area contributed by atoms with E-state index in [2.05, 4.69) is 29.4 Å². The summed E-state index contributed by atoms with van der Waals surface area (Å²) in [6.07, 6.45) is 1.86. The number of aryl methyl sites for hydroxylation is 1. The lowest BCUT2D eigenvalue weighted by Gasteiger charge is -2.32. The van der Waals surface area contributed by atoms with E-state index in [1.165, 1.54) is 0 Å². The van der Waals surface area contributed by atoms with Crippen molar-refractivity contribution in [3.8, 4) is 0 Å². The highest BCUT2D eigenvalue weighted by molar-refractivity contribution is 7.89. The Morgan fingerprint density at radius 3 is 2.52 bits per heavy atom. The molecule has 0 bridgehead atoms. The number of sulfonamides is 1. The zero-order valence-electron chi connectivity index (χ0n) is 13.3. The summed E-state index contributed by atoms with van der Waals surface area (Å²) in [6, 6.07) is 0. The lowest BCUT2D eigenvalue weighted by atomic mass is 9.87. The summed E-state index contributed by atoms with van der Waals surface area (Å²) < 4.78 is 27.2. The minimum absolute atomic E-state index is 0.178. The molecule has 6 nitrogen and oxygen atoms in total. The van der Waals surface area contributed by atoms with Crippen LogP contribution in [0.1, 0.15) is 37.9 Å². The summed E-state index contributed by atoms with van der Waals surface area (Å²) in [7, 11) is -1.69. The third-order valence-corrected chi connectivity index (χ3v) is 6.29. The van der Waals surface area contributed by atoms with Crippen molar-refractivity contribution in [3.05, 3.63) is 11.3 Å². The van der Waals surface area contributed by atoms with E-state index < -0.39 is 10.0 Å². The number of hydrogen-bond acceptors (Lipinski definition) is 4. The van der Waals surface area contributed by atoms with Crippen molar-refractivity contribution in [2.45, 2.75) is 45.2 Å². The van der Waals surface area contributed by atoms with E-state index in [0.29, 0.717) is 31.5 Å². The Morgan fingerprint density at radius 1 is 1.38 bits per heavy atom. The standard InChI is InChI=1S/C14H26N4O2S/c1-10(2)12-5-7-18(8-6-12)21(19,20)14-13(9-15-4)11(3)16-17-14/h10,12,15H,5-9H2,1-4H3,(H,16,17). The number of piperidine rings is 1. The van der Waals surface area contributed by atoms with Crippen LogP contribution in [0.4, 0.5) is 0 Å². The lowest BCUT2D eigenvalue weighted by molar-refractivity contribution is 0.226. The van der Waals surface area contributed by atoms with Gasteiger partial charge >= 0.3 is 0 Å². The first-order valence-corrected chi connectivity index (χ1v) is 9.00. The summed E-state index contributed by atoms with van der Waals surface area (Å²) >= 11 is 0. The molecule has 1 fully saturated rings. The molecule has 120 valence electrons. The highest BCUT2D eigenvalue weighted by atomic mass is 32.2. The van der Waals surface area contributed by atoms with Crippen LogP contribution >= 0.6 is 0 Å². The average Bonchev–Trinajstić information content (AvgIpc) is 2.81. The van der Waals surface area contributed by atoms with Crippen LogP contribution in [0.5, 0.6) is 0 Å². The fourth-order valence-corrected chi connectivity index (χ4v) is 4.57. The molecule has 0 amide bonds. The predicted octanol–water partition coefficient (Wildman–Crippen LogP) is 1.49. The molecule has 7 heteroatoms. The van der Waals surface area contributed by atoms with Gasteiger partial charge in [0.2, 0.25) is 0 Å². The maximum absolute atomic E-state index is 12.8. The molecule has 0 aromatic carbocycles. The van der Waals surface area contributed by atoms with Crippen molar-refractivity contribution in [2.75, 3.05) is 20.1 Å². The van der Waals surface area contributed by atoms with Gasteiger partial charge in [-0.25, -0.2) is 8.42 Å². The van der Waals surface area contributed by atoms with Crippen LogP contribution in [-0.4, -0.2) is 43.1 Å². The minimum atomic E-state index is -3.49. The molecule has 1 aliphatic heterocycles. The van der Waals surface area contributed by atoms with Gasteiger partial charge in [0.25, 0.3) is 10.0 Å². The van der Waals surface area contributed by atoms with Crippen LogP contribution in [0.25, 0.3) is 0 Å². The zero-order chi connectivity index (χ0) is 15.6. The van der Waals surface area contributed by atoms with Crippen LogP contribution in [0.15, 0.2) is 5.03 Å². The Kier molecular flexibility index (Phi) is 5.06. The van der Waals surface area contributed by atoms with E-state index in [0.717, 1.165) is 24.1 Å². The molecule has 0 unspecified atom stereocenters. The molecular formula is C14H26N4O2S. The second-order valence-corrected chi connectivity index (χ2v) is 8.00. The third-order valence-electron chi connectivity index (χ3n) is 4.42. The van der Waals surface area contributed by atoms with Crippen LogP contribution in [0, 0.1) is 18.8 Å². The van der Waals surface area contributed by atoms with E-state index in [1.54, 1.807) is 11.4 Å². The number of aromatic amines is 1. The highest BCUT2D eigenvalue weighted by Gasteiger charge is 2.33. The second kappa shape index (κ2) is 6.46. The van der Waals surface area contributed by atoms with Crippen LogP contribution in [0.2, 0.25) is 0 Å². The topological polar surface area (TPSA) is 78.1 Å². The SMILES string of the molecule is CNCc1c(S(=O)(=O)N2CCC(C(C)C)CC2)n[nH]c1C. The monoisotopic (exact) mass is 314 g/mol. The Balaban J connectivity index is 2.20. The fraction of sp³-hybridized carbons (Fsp3) is 0.786. The molecule has 0 radical (unpaired) electrons. The van der Waals surface area contributed by atoms with Crippen molar-refractivity contribution in [3.63, 3.8) is 0 Å². The predicted molar refractivity (Wildman–Crippen MR) is 82.4 cm³/mol. The van der Waals surface area contributed by atoms with Gasteiger partial charge in [-0.1, -0.05) is 13.8 Å². The van der Waals surface area contributed by atoms with E-state index in [1.807, 2.05) is 6.92 Å². The van der Waals surface area contributed by atoms with Gasteiger partial charge in [0.15, 0.2) is 5.03 Å². The number of aromatic nitrogens is 2. The quantitative estimate of drug-likeness (QED) is 0.863. The summed E-state index contributed by atoms with van der Waals surface area (Å²) in [6.45, 7) is 7.95. The highest BCUT2D eigenvalue weighted by Crippen LogP contribution is 2.29. The smallest absolute Gasteiger partial charge is 0.262 e. The molecule has 2 rings (SSSR count). The summed E-state index contributed by atoms with van der Waals surface area (Å²) in [5.74, 6) is 1.23. The Labute approximate surface area is 127 Å². The van der Waals surface area contributed by atoms with Gasteiger partial charge < -0.3 is 5.32 Å². The summed E-state index contributed by atoms with van der Waals surface area (Å²) in [4.78, 5) is 0. The number of nitrogens with zero attached hydrogens (tertiary/aromatic N) is 2. The first kappa shape index (κ1) is 16.5. The van der Waals surface area contributed by atoms with Crippen molar-refractivity contribution >= 4 is 10.0 Å². The third kappa shape index (κ3) is 3.30. The Morgan fingerprint density at radius 2 is 2.00 bits per heavy atom. The fourth-order valence-electron chi connectivity index (χ4n) is 2.93. The van der Waals surface area contributed by atoms with Gasteiger partial charge in [0, 0.05) is 30.9 Å². The van der Waals surface area contributed by atoms with E-state index in [9.17, 15) is 8.42 Å². The molecule has 0 saturated carbocycles. The zero-order valence-corrected chi connectivity index (χ0v) is 14.1. The molecule has 0 atom stereocenters. The normalized spacial score (nSPS) is 18.5. The molecule has 1 saturated heterocycles. The summed E-state index contributed by atoms with van der Waals surface area (Å²) in [5, 5.41) is 10.0. The Bertz CT molecular complexity index is 572. The molecule has 1 aliphatic rings. The minimum Gasteiger partial charge on any atom is -0.316 e. The van der Waals surface area contributed by atoms with Gasteiger partial charge in [-0.2, -0.15) is 9.40 Å². The number of rotatable bonds is 5. The first-order valence-electron chi connectivity index (χ1n) is 7.56. The largest absolute Gasteiger partial charge is 0.316 e. The first-order chi connectivity index (χ1) is 9.87. The van der Waals surface area contributed by atoms with Crippen molar-refractivity contribution in [2.24, 2.45) is 11.8 Å². The second-order valence-electron chi connectivity index (χ2n) is 6.15. The molecule has 1 aromatic heterocycles.